The number of alkyl halides is 3. The van der Waals surface area contributed by atoms with E-state index >= 15 is 0 Å². The van der Waals surface area contributed by atoms with Crippen LogP contribution in [0.4, 0.5) is 13.2 Å². The summed E-state index contributed by atoms with van der Waals surface area (Å²) in [6, 6.07) is 20.7. The summed E-state index contributed by atoms with van der Waals surface area (Å²) >= 11 is 6.22. The average Bonchev–Trinajstić information content (AvgIpc) is 3.37. The number of allylic oxidation sites excluding steroid dienone is 6. The van der Waals surface area contributed by atoms with Crippen LogP contribution in [0.1, 0.15) is 46.9 Å². The highest BCUT2D eigenvalue weighted by Crippen LogP contribution is 2.28. The molecule has 9 heteroatoms. The van der Waals surface area contributed by atoms with Gasteiger partial charge in [-0.2, -0.15) is 0 Å². The van der Waals surface area contributed by atoms with Crippen molar-refractivity contribution >= 4 is 23.1 Å². The van der Waals surface area contributed by atoms with E-state index in [1.54, 1.807) is 24.3 Å². The topological polar surface area (TPSA) is 53.4 Å². The lowest BCUT2D eigenvalue weighted by Crippen LogP contribution is -2.17. The molecule has 0 bridgehead atoms. The van der Waals surface area contributed by atoms with Crippen LogP contribution in [0.5, 0.6) is 5.75 Å². The van der Waals surface area contributed by atoms with Gasteiger partial charge in [-0.15, -0.1) is 13.2 Å². The Morgan fingerprint density at radius 2 is 1.67 bits per heavy atom. The van der Waals surface area contributed by atoms with Crippen molar-refractivity contribution in [3.05, 3.63) is 137 Å². The summed E-state index contributed by atoms with van der Waals surface area (Å²) in [5, 5.41) is 0.600. The Labute approximate surface area is 253 Å². The van der Waals surface area contributed by atoms with Crippen molar-refractivity contribution in [3.63, 3.8) is 0 Å². The molecule has 0 aliphatic heterocycles. The Morgan fingerprint density at radius 3 is 2.33 bits per heavy atom. The number of esters is 1. The van der Waals surface area contributed by atoms with Crippen molar-refractivity contribution in [1.82, 2.24) is 9.55 Å². The van der Waals surface area contributed by atoms with E-state index in [2.05, 4.69) is 9.30 Å². The van der Waals surface area contributed by atoms with E-state index in [0.29, 0.717) is 29.1 Å². The molecule has 0 fully saturated rings. The summed E-state index contributed by atoms with van der Waals surface area (Å²) in [4.78, 5) is 16.8. The maximum Gasteiger partial charge on any atom is 0.573 e. The lowest BCUT2D eigenvalue weighted by atomic mass is 10.0. The van der Waals surface area contributed by atoms with Crippen LogP contribution in [0.2, 0.25) is 0 Å². The zero-order chi connectivity index (χ0) is 31.0. The Morgan fingerprint density at radius 1 is 0.977 bits per heavy atom. The number of nitrogens with zero attached hydrogens (tertiary/aromatic N) is 2. The lowest BCUT2D eigenvalue weighted by molar-refractivity contribution is -0.274. The number of carbonyl (C=O) groups is 1. The molecule has 3 aromatic carbocycles. The minimum atomic E-state index is -4.75. The first-order valence-corrected chi connectivity index (χ1v) is 13.8. The van der Waals surface area contributed by atoms with Crippen molar-refractivity contribution in [2.24, 2.45) is 0 Å². The first-order chi connectivity index (χ1) is 20.5. The first-order valence-electron chi connectivity index (χ1n) is 13.4. The third kappa shape index (κ3) is 8.96. The van der Waals surface area contributed by atoms with Gasteiger partial charge in [-0.1, -0.05) is 72.3 Å². The van der Waals surface area contributed by atoms with Gasteiger partial charge in [0.05, 0.1) is 18.4 Å². The number of aromatic nitrogens is 2. The molecule has 0 N–H and O–H groups in total. The standard InChI is InChI=1S/C34H30ClF3N2O3/c1-4-6-29(35)18-9-23(2)31-22-40(21-25-12-16-27(17-13-25)33(41)42-3)32(39-31)19-24-10-14-26(15-11-24)28-7-5-8-30(20-28)43-34(36,37)38/h4-18,20,22H,19,21H2,1-3H3/b6-4+,23-9+,29-18+. The fourth-order valence-electron chi connectivity index (χ4n) is 4.36. The average molecular weight is 607 g/mol. The monoisotopic (exact) mass is 606 g/mol. The predicted molar refractivity (Wildman–Crippen MR) is 163 cm³/mol. The number of halogens is 4. The van der Waals surface area contributed by atoms with Gasteiger partial charge in [-0.3, -0.25) is 0 Å². The second kappa shape index (κ2) is 14.1. The SMILES string of the molecule is C/C=C/C(Cl)=C\C=C(/C)c1cn(Cc2ccc(C(=O)OC)cc2)c(Cc2ccc(-c3cccc(OC(F)(F)F)c3)cc2)n1. The highest BCUT2D eigenvalue weighted by molar-refractivity contribution is 6.31. The highest BCUT2D eigenvalue weighted by Gasteiger charge is 2.31. The summed E-state index contributed by atoms with van der Waals surface area (Å²) in [7, 11) is 1.35. The fourth-order valence-corrected chi connectivity index (χ4v) is 4.55. The predicted octanol–water partition coefficient (Wildman–Crippen LogP) is 8.98. The first kappa shape index (κ1) is 31.4. The van der Waals surface area contributed by atoms with Crippen molar-refractivity contribution in [2.75, 3.05) is 7.11 Å². The van der Waals surface area contributed by atoms with E-state index < -0.39 is 12.3 Å². The molecule has 43 heavy (non-hydrogen) atoms. The maximum atomic E-state index is 12.7. The van der Waals surface area contributed by atoms with E-state index in [0.717, 1.165) is 33.8 Å². The number of hydrogen-bond donors (Lipinski definition) is 0. The van der Waals surface area contributed by atoms with Gasteiger partial charge < -0.3 is 14.0 Å². The highest BCUT2D eigenvalue weighted by atomic mass is 35.5. The molecule has 4 rings (SSSR count). The van der Waals surface area contributed by atoms with E-state index in [1.165, 1.54) is 25.3 Å². The third-order valence-corrected chi connectivity index (χ3v) is 6.78. The van der Waals surface area contributed by atoms with E-state index in [4.69, 9.17) is 21.3 Å². The molecule has 0 unspecified atom stereocenters. The Hall–Kier alpha value is -4.56. The van der Waals surface area contributed by atoms with Crippen molar-refractivity contribution in [1.29, 1.82) is 0 Å². The molecule has 0 amide bonds. The summed E-state index contributed by atoms with van der Waals surface area (Å²) in [5.74, 6) is 0.149. The van der Waals surface area contributed by atoms with Gasteiger partial charge in [-0.05, 0) is 78.1 Å². The quantitative estimate of drug-likeness (QED) is 0.134. The van der Waals surface area contributed by atoms with E-state index in [1.807, 2.05) is 74.7 Å². The minimum absolute atomic E-state index is 0.270. The number of methoxy groups -OCH3 is 1. The molecule has 0 saturated carbocycles. The Bertz CT molecular complexity index is 1650. The summed E-state index contributed by atoms with van der Waals surface area (Å²) < 4.78 is 48.9. The Kier molecular flexibility index (Phi) is 10.3. The second-order valence-electron chi connectivity index (χ2n) is 9.71. The van der Waals surface area contributed by atoms with Gasteiger partial charge in [0.25, 0.3) is 0 Å². The van der Waals surface area contributed by atoms with Crippen molar-refractivity contribution in [2.45, 2.75) is 33.2 Å². The number of rotatable bonds is 10. The molecule has 0 saturated heterocycles. The molecule has 0 aliphatic rings. The van der Waals surface area contributed by atoms with Gasteiger partial charge in [0.15, 0.2) is 0 Å². The summed E-state index contributed by atoms with van der Waals surface area (Å²) in [5.41, 5.74) is 5.51. The minimum Gasteiger partial charge on any atom is -0.465 e. The van der Waals surface area contributed by atoms with Gasteiger partial charge in [0, 0.05) is 24.2 Å². The number of hydrogen-bond acceptors (Lipinski definition) is 4. The van der Waals surface area contributed by atoms with Crippen LogP contribution < -0.4 is 4.74 Å². The molecular weight excluding hydrogens is 577 g/mol. The molecule has 5 nitrogen and oxygen atoms in total. The molecule has 1 aromatic heterocycles. The molecular formula is C34H30ClF3N2O3. The lowest BCUT2D eigenvalue weighted by Gasteiger charge is -2.11. The number of carbonyl (C=O) groups excluding carboxylic acids is 1. The van der Waals surface area contributed by atoms with Crippen LogP contribution in [-0.2, 0) is 17.7 Å². The van der Waals surface area contributed by atoms with Crippen LogP contribution in [0, 0.1) is 0 Å². The third-order valence-electron chi connectivity index (χ3n) is 6.53. The molecule has 4 aromatic rings. The van der Waals surface area contributed by atoms with Crippen molar-refractivity contribution in [3.8, 4) is 16.9 Å². The van der Waals surface area contributed by atoms with Gasteiger partial charge in [-0.25, -0.2) is 9.78 Å². The van der Waals surface area contributed by atoms with Crippen molar-refractivity contribution < 1.29 is 27.4 Å². The Balaban J connectivity index is 1.61. The van der Waals surface area contributed by atoms with Gasteiger partial charge >= 0.3 is 12.3 Å². The molecule has 222 valence electrons. The number of imidazole rings is 1. The number of ether oxygens (including phenoxy) is 2. The van der Waals surface area contributed by atoms with E-state index in [-0.39, 0.29) is 5.75 Å². The normalized spacial score (nSPS) is 12.5. The largest absolute Gasteiger partial charge is 0.573 e. The molecule has 0 atom stereocenters. The number of benzene rings is 3. The van der Waals surface area contributed by atoms with Crippen LogP contribution >= 0.6 is 11.6 Å². The maximum absolute atomic E-state index is 12.7. The molecule has 0 radical (unpaired) electrons. The summed E-state index contributed by atoms with van der Waals surface area (Å²) in [6.07, 6.45) is 5.13. The van der Waals surface area contributed by atoms with Gasteiger partial charge in [0.2, 0.25) is 0 Å². The van der Waals surface area contributed by atoms with Crippen LogP contribution in [0.15, 0.2) is 108 Å². The summed E-state index contributed by atoms with van der Waals surface area (Å²) in [6.45, 7) is 4.38. The van der Waals surface area contributed by atoms with Gasteiger partial charge in [0.1, 0.15) is 11.6 Å². The van der Waals surface area contributed by atoms with E-state index in [9.17, 15) is 18.0 Å². The fraction of sp³-hybridized carbons (Fsp3) is 0.176. The smallest absolute Gasteiger partial charge is 0.465 e. The molecule has 0 spiro atoms. The van der Waals surface area contributed by atoms with Crippen LogP contribution in [0.3, 0.4) is 0 Å². The molecule has 0 aliphatic carbocycles. The second-order valence-corrected chi connectivity index (χ2v) is 10.1. The molecule has 1 heterocycles. The van der Waals surface area contributed by atoms with Crippen LogP contribution in [0.25, 0.3) is 16.7 Å². The van der Waals surface area contributed by atoms with Crippen LogP contribution in [-0.4, -0.2) is 29.0 Å². The zero-order valence-electron chi connectivity index (χ0n) is 23.9. The zero-order valence-corrected chi connectivity index (χ0v) is 24.6.